The van der Waals surface area contributed by atoms with Crippen molar-refractivity contribution in [2.75, 3.05) is 12.9 Å². The van der Waals surface area contributed by atoms with Crippen LogP contribution in [0.15, 0.2) is 11.5 Å². The zero-order valence-corrected chi connectivity index (χ0v) is 8.63. The highest BCUT2D eigenvalue weighted by Gasteiger charge is 2.05. The van der Waals surface area contributed by atoms with Gasteiger partial charge in [0.25, 0.3) is 0 Å². The topological polar surface area (TPSA) is 60.4 Å². The molecule has 0 N–H and O–H groups in total. The lowest BCUT2D eigenvalue weighted by atomic mass is 10.4. The van der Waals surface area contributed by atoms with Crippen LogP contribution in [-0.2, 0) is 19.4 Å². The van der Waals surface area contributed by atoms with Crippen LogP contribution >= 0.6 is 0 Å². The van der Waals surface area contributed by atoms with Gasteiger partial charge in [-0.05, 0) is 6.42 Å². The van der Waals surface area contributed by atoms with E-state index >= 15 is 0 Å². The van der Waals surface area contributed by atoms with Crippen LogP contribution in [0.1, 0.15) is 19.8 Å². The largest absolute Gasteiger partial charge is 0.466 e. The highest BCUT2D eigenvalue weighted by Crippen LogP contribution is 1.98. The maximum atomic E-state index is 11.1. The molecule has 5 heteroatoms. The fourth-order valence-electron chi connectivity index (χ4n) is 0.641. The SMILES string of the molecule is CCCCS(=O)(=O)/C=C/C(=O)OC. The zero-order valence-electron chi connectivity index (χ0n) is 7.82. The number of carbonyl (C=O) groups is 1. The van der Waals surface area contributed by atoms with Gasteiger partial charge in [0.05, 0.1) is 12.9 Å². The molecule has 0 atom stereocenters. The van der Waals surface area contributed by atoms with E-state index in [1.165, 1.54) is 7.11 Å². The van der Waals surface area contributed by atoms with Gasteiger partial charge in [0.2, 0.25) is 0 Å². The summed E-state index contributed by atoms with van der Waals surface area (Å²) in [5.74, 6) is -0.572. The molecule has 0 aliphatic carbocycles. The molecule has 13 heavy (non-hydrogen) atoms. The number of hydrogen-bond acceptors (Lipinski definition) is 4. The zero-order chi connectivity index (χ0) is 10.3. The summed E-state index contributed by atoms with van der Waals surface area (Å²) in [7, 11) is -2.03. The third-order valence-electron chi connectivity index (χ3n) is 1.40. The number of ether oxygens (including phenoxy) is 1. The molecule has 0 radical (unpaired) electrons. The number of unbranched alkanes of at least 4 members (excludes halogenated alkanes) is 1. The third-order valence-corrected chi connectivity index (χ3v) is 2.80. The average molecular weight is 206 g/mol. The second kappa shape index (κ2) is 5.75. The number of hydrogen-bond donors (Lipinski definition) is 0. The lowest BCUT2D eigenvalue weighted by Gasteiger charge is -1.95. The maximum absolute atomic E-state index is 11.1. The second-order valence-electron chi connectivity index (χ2n) is 2.55. The molecule has 4 nitrogen and oxygen atoms in total. The lowest BCUT2D eigenvalue weighted by Crippen LogP contribution is -2.03. The van der Waals surface area contributed by atoms with Crippen LogP contribution in [0.2, 0.25) is 0 Å². The Hall–Kier alpha value is -0.840. The van der Waals surface area contributed by atoms with Gasteiger partial charge in [0.1, 0.15) is 0 Å². The molecule has 0 rings (SSSR count). The van der Waals surface area contributed by atoms with Gasteiger partial charge in [-0.25, -0.2) is 13.2 Å². The summed E-state index contributed by atoms with van der Waals surface area (Å²) in [4.78, 5) is 10.6. The van der Waals surface area contributed by atoms with Crippen LogP contribution in [0.25, 0.3) is 0 Å². The highest BCUT2D eigenvalue weighted by molar-refractivity contribution is 7.94. The molecule has 0 amide bonds. The highest BCUT2D eigenvalue weighted by atomic mass is 32.2. The second-order valence-corrected chi connectivity index (χ2v) is 4.55. The normalized spacial score (nSPS) is 11.8. The number of esters is 1. The molecule has 0 spiro atoms. The fourth-order valence-corrected chi connectivity index (χ4v) is 1.79. The monoisotopic (exact) mass is 206 g/mol. The van der Waals surface area contributed by atoms with Crippen molar-refractivity contribution in [3.8, 4) is 0 Å². The van der Waals surface area contributed by atoms with Crippen LogP contribution in [-0.4, -0.2) is 27.2 Å². The molecule has 0 aliphatic rings. The van der Waals surface area contributed by atoms with Gasteiger partial charge in [-0.1, -0.05) is 13.3 Å². The Kier molecular flexibility index (Phi) is 5.37. The Labute approximate surface area is 78.5 Å². The Morgan fingerprint density at radius 2 is 2.08 bits per heavy atom. The van der Waals surface area contributed by atoms with Gasteiger partial charge < -0.3 is 4.74 Å². The molecule has 0 aromatic rings. The fraction of sp³-hybridized carbons (Fsp3) is 0.625. The Morgan fingerprint density at radius 3 is 2.54 bits per heavy atom. The molecule has 0 bridgehead atoms. The van der Waals surface area contributed by atoms with Crippen molar-refractivity contribution in [2.45, 2.75) is 19.8 Å². The first kappa shape index (κ1) is 12.2. The molecular formula is C8H14O4S. The van der Waals surface area contributed by atoms with Crippen LogP contribution in [0, 0.1) is 0 Å². The predicted molar refractivity (Wildman–Crippen MR) is 49.9 cm³/mol. The molecule has 76 valence electrons. The first-order chi connectivity index (χ1) is 6.02. The van der Waals surface area contributed by atoms with Crippen molar-refractivity contribution >= 4 is 15.8 Å². The number of carbonyl (C=O) groups excluding carboxylic acids is 1. The first-order valence-corrected chi connectivity index (χ1v) is 5.72. The lowest BCUT2D eigenvalue weighted by molar-refractivity contribution is -0.134. The van der Waals surface area contributed by atoms with Gasteiger partial charge in [-0.3, -0.25) is 0 Å². The van der Waals surface area contributed by atoms with Crippen LogP contribution in [0.5, 0.6) is 0 Å². The van der Waals surface area contributed by atoms with E-state index in [4.69, 9.17) is 0 Å². The van der Waals surface area contributed by atoms with E-state index in [-0.39, 0.29) is 5.75 Å². The molecular weight excluding hydrogens is 192 g/mol. The van der Waals surface area contributed by atoms with Gasteiger partial charge in [-0.15, -0.1) is 0 Å². The van der Waals surface area contributed by atoms with Crippen molar-refractivity contribution in [1.82, 2.24) is 0 Å². The van der Waals surface area contributed by atoms with Gasteiger partial charge in [0.15, 0.2) is 9.84 Å². The van der Waals surface area contributed by atoms with Gasteiger partial charge in [-0.2, -0.15) is 0 Å². The Bertz CT molecular complexity index is 277. The summed E-state index contributed by atoms with van der Waals surface area (Å²) in [5.41, 5.74) is 0. The predicted octanol–water partition coefficient (Wildman–Crippen LogP) is 0.888. The summed E-state index contributed by atoms with van der Waals surface area (Å²) in [6, 6.07) is 0. The summed E-state index contributed by atoms with van der Waals surface area (Å²) in [6.07, 6.45) is 2.34. The van der Waals surface area contributed by atoms with Crippen molar-refractivity contribution in [1.29, 1.82) is 0 Å². The van der Waals surface area contributed by atoms with E-state index in [0.717, 1.165) is 17.9 Å². The minimum absolute atomic E-state index is 0.0804. The molecule has 0 saturated carbocycles. The van der Waals surface area contributed by atoms with Gasteiger partial charge >= 0.3 is 5.97 Å². The third kappa shape index (κ3) is 6.33. The summed E-state index contributed by atoms with van der Waals surface area (Å²) in [6.45, 7) is 1.90. The quantitative estimate of drug-likeness (QED) is 0.495. The summed E-state index contributed by atoms with van der Waals surface area (Å²) < 4.78 is 26.5. The smallest absolute Gasteiger partial charge is 0.331 e. The van der Waals surface area contributed by atoms with E-state index in [0.29, 0.717) is 6.42 Å². The molecule has 0 aromatic heterocycles. The Balaban J connectivity index is 4.17. The van der Waals surface area contributed by atoms with E-state index in [9.17, 15) is 13.2 Å². The van der Waals surface area contributed by atoms with E-state index in [2.05, 4.69) is 4.74 Å². The Morgan fingerprint density at radius 1 is 1.46 bits per heavy atom. The van der Waals surface area contributed by atoms with Crippen LogP contribution < -0.4 is 0 Å². The molecule has 0 aliphatic heterocycles. The van der Waals surface area contributed by atoms with E-state index in [1.54, 1.807) is 0 Å². The number of methoxy groups -OCH3 is 1. The van der Waals surface area contributed by atoms with Crippen molar-refractivity contribution < 1.29 is 17.9 Å². The molecule has 0 fully saturated rings. The molecule has 0 unspecified atom stereocenters. The van der Waals surface area contributed by atoms with Crippen LogP contribution in [0.3, 0.4) is 0 Å². The van der Waals surface area contributed by atoms with E-state index in [1.807, 2.05) is 6.92 Å². The van der Waals surface area contributed by atoms with Crippen molar-refractivity contribution in [2.24, 2.45) is 0 Å². The van der Waals surface area contributed by atoms with Crippen molar-refractivity contribution in [3.63, 3.8) is 0 Å². The number of sulfone groups is 1. The van der Waals surface area contributed by atoms with E-state index < -0.39 is 15.8 Å². The average Bonchev–Trinajstić information content (AvgIpc) is 2.11. The van der Waals surface area contributed by atoms with Crippen LogP contribution in [0.4, 0.5) is 0 Å². The molecule has 0 aromatic carbocycles. The standard InChI is InChI=1S/C8H14O4S/c1-3-4-6-13(10,11)7-5-8(9)12-2/h5,7H,3-4,6H2,1-2H3/b7-5+. The minimum atomic E-state index is -3.23. The molecule has 0 heterocycles. The van der Waals surface area contributed by atoms with Crippen molar-refractivity contribution in [3.05, 3.63) is 11.5 Å². The summed E-state index contributed by atoms with van der Waals surface area (Å²) in [5, 5.41) is 0.897. The summed E-state index contributed by atoms with van der Waals surface area (Å²) >= 11 is 0. The molecule has 0 saturated heterocycles. The number of rotatable bonds is 5. The van der Waals surface area contributed by atoms with Gasteiger partial charge in [0, 0.05) is 11.5 Å². The first-order valence-electron chi connectivity index (χ1n) is 4.00. The maximum Gasteiger partial charge on any atom is 0.331 e. The minimum Gasteiger partial charge on any atom is -0.466 e.